The van der Waals surface area contributed by atoms with E-state index in [0.29, 0.717) is 17.3 Å². The molecule has 2 heteroatoms. The molecule has 2 nitrogen and oxygen atoms in total. The Hall–Kier alpha value is -0.790. The normalized spacial score (nSPS) is 42.0. The fourth-order valence-electron chi connectivity index (χ4n) is 2.41. The molecule has 1 fully saturated rings. The Morgan fingerprint density at radius 1 is 1.50 bits per heavy atom. The second-order valence-corrected chi connectivity index (χ2v) is 4.52. The monoisotopic (exact) mass is 166 g/mol. The van der Waals surface area contributed by atoms with E-state index in [2.05, 4.69) is 19.9 Å². The number of carboxylic acids is 1. The van der Waals surface area contributed by atoms with E-state index in [9.17, 15) is 4.79 Å². The van der Waals surface area contributed by atoms with Gasteiger partial charge >= 0.3 is 5.97 Å². The lowest BCUT2D eigenvalue weighted by Crippen LogP contribution is -2.14. The van der Waals surface area contributed by atoms with Crippen molar-refractivity contribution in [1.29, 1.82) is 0 Å². The quantitative estimate of drug-likeness (QED) is 0.604. The van der Waals surface area contributed by atoms with Crippen LogP contribution in [0, 0.1) is 23.2 Å². The zero-order valence-electron chi connectivity index (χ0n) is 7.45. The van der Waals surface area contributed by atoms with Gasteiger partial charge in [0.15, 0.2) is 0 Å². The van der Waals surface area contributed by atoms with Crippen LogP contribution in [-0.2, 0) is 4.79 Å². The van der Waals surface area contributed by atoms with Crippen LogP contribution in [0.4, 0.5) is 0 Å². The van der Waals surface area contributed by atoms with Crippen LogP contribution in [0.3, 0.4) is 0 Å². The van der Waals surface area contributed by atoms with Crippen LogP contribution in [0.5, 0.6) is 0 Å². The smallest absolute Gasteiger partial charge is 0.310 e. The van der Waals surface area contributed by atoms with Crippen LogP contribution < -0.4 is 0 Å². The van der Waals surface area contributed by atoms with E-state index in [1.807, 2.05) is 6.08 Å². The minimum Gasteiger partial charge on any atom is -0.481 e. The van der Waals surface area contributed by atoms with E-state index in [1.165, 1.54) is 0 Å². The summed E-state index contributed by atoms with van der Waals surface area (Å²) in [5.41, 5.74) is 0.362. The van der Waals surface area contributed by atoms with E-state index >= 15 is 0 Å². The van der Waals surface area contributed by atoms with Crippen molar-refractivity contribution in [2.45, 2.75) is 20.3 Å². The molecular weight excluding hydrogens is 152 g/mol. The van der Waals surface area contributed by atoms with E-state index < -0.39 is 5.97 Å². The highest BCUT2D eigenvalue weighted by Crippen LogP contribution is 2.63. The molecule has 0 aliphatic heterocycles. The SMILES string of the molecule is CC1(C)[C@@H]2C[C@@H](C(=O)O)C=C[C@@H]21. The Morgan fingerprint density at radius 2 is 2.17 bits per heavy atom. The highest BCUT2D eigenvalue weighted by Gasteiger charge is 2.58. The fourth-order valence-corrected chi connectivity index (χ4v) is 2.41. The fraction of sp³-hybridized carbons (Fsp3) is 0.700. The van der Waals surface area contributed by atoms with Gasteiger partial charge in [0.25, 0.3) is 0 Å². The number of carbonyl (C=O) groups is 1. The van der Waals surface area contributed by atoms with Crippen molar-refractivity contribution >= 4 is 5.97 Å². The lowest BCUT2D eigenvalue weighted by Gasteiger charge is -2.10. The summed E-state index contributed by atoms with van der Waals surface area (Å²) in [5.74, 6) is 0.358. The second-order valence-electron chi connectivity index (χ2n) is 4.52. The molecule has 0 aromatic heterocycles. The molecule has 12 heavy (non-hydrogen) atoms. The lowest BCUT2D eigenvalue weighted by molar-refractivity contribution is -0.140. The largest absolute Gasteiger partial charge is 0.481 e. The first-order valence-corrected chi connectivity index (χ1v) is 4.44. The first-order chi connectivity index (χ1) is 5.53. The van der Waals surface area contributed by atoms with Crippen molar-refractivity contribution < 1.29 is 9.90 Å². The molecule has 2 aliphatic carbocycles. The Bertz CT molecular complexity index is 253. The lowest BCUT2D eigenvalue weighted by atomic mass is 9.95. The van der Waals surface area contributed by atoms with E-state index in [4.69, 9.17) is 5.11 Å². The van der Waals surface area contributed by atoms with Gasteiger partial charge in [0.2, 0.25) is 0 Å². The molecule has 1 saturated carbocycles. The van der Waals surface area contributed by atoms with Gasteiger partial charge < -0.3 is 5.11 Å². The molecule has 0 unspecified atom stereocenters. The molecule has 66 valence electrons. The standard InChI is InChI=1S/C10H14O2/c1-10(2)7-4-3-6(9(11)12)5-8(7)10/h3-4,6-8H,5H2,1-2H3,(H,11,12)/t6-,7-,8+/m0/s1. The summed E-state index contributed by atoms with van der Waals surface area (Å²) in [7, 11) is 0. The maximum atomic E-state index is 10.7. The third-order valence-corrected chi connectivity index (χ3v) is 3.51. The Morgan fingerprint density at radius 3 is 2.67 bits per heavy atom. The molecule has 0 amide bonds. The molecule has 0 aromatic rings. The Labute approximate surface area is 72.3 Å². The van der Waals surface area contributed by atoms with Crippen LogP contribution in [0.25, 0.3) is 0 Å². The van der Waals surface area contributed by atoms with Gasteiger partial charge in [-0.3, -0.25) is 4.79 Å². The van der Waals surface area contributed by atoms with Crippen molar-refractivity contribution in [3.63, 3.8) is 0 Å². The number of hydrogen-bond donors (Lipinski definition) is 1. The molecule has 0 aromatic carbocycles. The molecule has 0 radical (unpaired) electrons. The maximum absolute atomic E-state index is 10.7. The topological polar surface area (TPSA) is 37.3 Å². The molecular formula is C10H14O2. The highest BCUT2D eigenvalue weighted by molar-refractivity contribution is 5.72. The van der Waals surface area contributed by atoms with Crippen molar-refractivity contribution in [2.75, 3.05) is 0 Å². The third-order valence-electron chi connectivity index (χ3n) is 3.51. The average Bonchev–Trinajstić information content (AvgIpc) is 2.55. The van der Waals surface area contributed by atoms with Crippen LogP contribution in [0.2, 0.25) is 0 Å². The highest BCUT2D eigenvalue weighted by atomic mass is 16.4. The third kappa shape index (κ3) is 0.904. The number of rotatable bonds is 1. The predicted molar refractivity (Wildman–Crippen MR) is 45.6 cm³/mol. The summed E-state index contributed by atoms with van der Waals surface area (Å²) in [6, 6.07) is 0. The van der Waals surface area contributed by atoms with Crippen molar-refractivity contribution in [3.05, 3.63) is 12.2 Å². The number of carboxylic acid groups (broad SMARTS) is 1. The molecule has 2 rings (SSSR count). The summed E-state index contributed by atoms with van der Waals surface area (Å²) < 4.78 is 0. The first kappa shape index (κ1) is 7.84. The van der Waals surface area contributed by atoms with Crippen molar-refractivity contribution in [1.82, 2.24) is 0 Å². The molecule has 3 atom stereocenters. The van der Waals surface area contributed by atoms with Gasteiger partial charge in [-0.25, -0.2) is 0 Å². The van der Waals surface area contributed by atoms with E-state index in [-0.39, 0.29) is 5.92 Å². The molecule has 2 aliphatic rings. The first-order valence-electron chi connectivity index (χ1n) is 4.44. The van der Waals surface area contributed by atoms with Gasteiger partial charge in [0, 0.05) is 0 Å². The van der Waals surface area contributed by atoms with E-state index in [0.717, 1.165) is 6.42 Å². The zero-order chi connectivity index (χ0) is 8.93. The Balaban J connectivity index is 2.11. The van der Waals surface area contributed by atoms with Gasteiger partial charge in [-0.1, -0.05) is 26.0 Å². The van der Waals surface area contributed by atoms with Gasteiger partial charge in [-0.05, 0) is 23.7 Å². The number of hydrogen-bond acceptors (Lipinski definition) is 1. The summed E-state index contributed by atoms with van der Waals surface area (Å²) in [4.78, 5) is 10.7. The molecule has 0 spiro atoms. The minimum atomic E-state index is -0.674. The van der Waals surface area contributed by atoms with Gasteiger partial charge in [0.05, 0.1) is 5.92 Å². The number of aliphatic carboxylic acids is 1. The molecule has 0 saturated heterocycles. The Kier molecular flexibility index (Phi) is 1.39. The van der Waals surface area contributed by atoms with Crippen LogP contribution >= 0.6 is 0 Å². The minimum absolute atomic E-state index is 0.229. The average molecular weight is 166 g/mol. The molecule has 1 N–H and O–H groups in total. The number of allylic oxidation sites excluding steroid dienone is 1. The molecule has 0 bridgehead atoms. The summed E-state index contributed by atoms with van der Waals surface area (Å²) in [6.45, 7) is 4.44. The molecule has 0 heterocycles. The summed E-state index contributed by atoms with van der Waals surface area (Å²) >= 11 is 0. The number of fused-ring (bicyclic) bond motifs is 1. The van der Waals surface area contributed by atoms with E-state index in [1.54, 1.807) is 0 Å². The van der Waals surface area contributed by atoms with Gasteiger partial charge in [0.1, 0.15) is 0 Å². The van der Waals surface area contributed by atoms with Crippen molar-refractivity contribution in [3.8, 4) is 0 Å². The maximum Gasteiger partial charge on any atom is 0.310 e. The van der Waals surface area contributed by atoms with Crippen LogP contribution in [0.15, 0.2) is 12.2 Å². The second kappa shape index (κ2) is 2.12. The van der Waals surface area contributed by atoms with Crippen LogP contribution in [-0.4, -0.2) is 11.1 Å². The van der Waals surface area contributed by atoms with Crippen LogP contribution in [0.1, 0.15) is 20.3 Å². The summed E-state index contributed by atoms with van der Waals surface area (Å²) in [6.07, 6.45) is 4.79. The zero-order valence-corrected chi connectivity index (χ0v) is 7.45. The van der Waals surface area contributed by atoms with Gasteiger partial charge in [-0.15, -0.1) is 0 Å². The summed E-state index contributed by atoms with van der Waals surface area (Å²) in [5, 5.41) is 8.79. The predicted octanol–water partition coefficient (Wildman–Crippen LogP) is 1.92. The van der Waals surface area contributed by atoms with Gasteiger partial charge in [-0.2, -0.15) is 0 Å². The van der Waals surface area contributed by atoms with Crippen molar-refractivity contribution in [2.24, 2.45) is 23.2 Å².